The lowest BCUT2D eigenvalue weighted by molar-refractivity contribution is -0.120. The second-order valence-electron chi connectivity index (χ2n) is 4.27. The molecule has 0 spiro atoms. The molecule has 0 bridgehead atoms. The van der Waals surface area contributed by atoms with Crippen molar-refractivity contribution in [3.63, 3.8) is 0 Å². The first-order valence-corrected chi connectivity index (χ1v) is 8.13. The molecule has 0 fully saturated rings. The summed E-state index contributed by atoms with van der Waals surface area (Å²) in [6, 6.07) is 2.12. The molecule has 0 unspecified atom stereocenters. The zero-order valence-electron chi connectivity index (χ0n) is 10.8. The summed E-state index contributed by atoms with van der Waals surface area (Å²) in [6.45, 7) is 4.76. The van der Waals surface area contributed by atoms with E-state index >= 15 is 0 Å². The van der Waals surface area contributed by atoms with Gasteiger partial charge in [0, 0.05) is 15.1 Å². The number of rotatable bonds is 5. The molecule has 0 aliphatic rings. The van der Waals surface area contributed by atoms with Crippen LogP contribution < -0.4 is 5.32 Å². The number of halogens is 1. The highest BCUT2D eigenvalue weighted by Crippen LogP contribution is 2.20. The molecule has 2 aromatic heterocycles. The van der Waals surface area contributed by atoms with Gasteiger partial charge < -0.3 is 5.32 Å². The summed E-state index contributed by atoms with van der Waals surface area (Å²) in [4.78, 5) is 18.6. The van der Waals surface area contributed by atoms with Gasteiger partial charge in [0.1, 0.15) is 5.01 Å². The van der Waals surface area contributed by atoms with Crippen LogP contribution in [0.25, 0.3) is 0 Å². The van der Waals surface area contributed by atoms with Crippen LogP contribution in [0.2, 0.25) is 0 Å². The minimum atomic E-state index is -0.000761. The van der Waals surface area contributed by atoms with Crippen molar-refractivity contribution < 1.29 is 4.79 Å². The van der Waals surface area contributed by atoms with E-state index in [9.17, 15) is 4.79 Å². The molecule has 0 aliphatic carbocycles. The van der Waals surface area contributed by atoms with Crippen molar-refractivity contribution >= 4 is 40.2 Å². The van der Waals surface area contributed by atoms with E-state index in [2.05, 4.69) is 30.2 Å². The van der Waals surface area contributed by atoms with Gasteiger partial charge in [-0.3, -0.25) is 4.79 Å². The molecule has 3 nitrogen and oxygen atoms in total. The van der Waals surface area contributed by atoms with Crippen molar-refractivity contribution in [1.82, 2.24) is 10.3 Å². The van der Waals surface area contributed by atoms with Crippen molar-refractivity contribution in [2.45, 2.75) is 32.7 Å². The van der Waals surface area contributed by atoms with E-state index in [4.69, 9.17) is 11.6 Å². The molecule has 1 N–H and O–H groups in total. The molecule has 19 heavy (non-hydrogen) atoms. The van der Waals surface area contributed by atoms with Gasteiger partial charge in [-0.15, -0.1) is 34.3 Å². The van der Waals surface area contributed by atoms with Crippen LogP contribution in [-0.4, -0.2) is 10.9 Å². The second-order valence-corrected chi connectivity index (χ2v) is 6.82. The van der Waals surface area contributed by atoms with Gasteiger partial charge in [-0.1, -0.05) is 0 Å². The van der Waals surface area contributed by atoms with E-state index in [1.807, 2.05) is 5.38 Å². The van der Waals surface area contributed by atoms with Crippen molar-refractivity contribution in [2.75, 3.05) is 0 Å². The van der Waals surface area contributed by atoms with Gasteiger partial charge in [-0.05, 0) is 25.5 Å². The summed E-state index contributed by atoms with van der Waals surface area (Å²) in [5.41, 5.74) is 2.11. The summed E-state index contributed by atoms with van der Waals surface area (Å²) in [5.74, 6) is 0.394. The van der Waals surface area contributed by atoms with E-state index in [-0.39, 0.29) is 5.91 Å². The lowest BCUT2D eigenvalue weighted by Gasteiger charge is -2.01. The third-order valence-electron chi connectivity index (χ3n) is 2.72. The van der Waals surface area contributed by atoms with Crippen molar-refractivity contribution in [1.29, 1.82) is 0 Å². The number of thiazole rings is 1. The van der Waals surface area contributed by atoms with Gasteiger partial charge >= 0.3 is 0 Å². The van der Waals surface area contributed by atoms with Crippen LogP contribution in [0.4, 0.5) is 0 Å². The number of carbonyl (C=O) groups is 1. The SMILES string of the molecule is Cc1cc(CNC(=O)Cc2nc(CCl)cs2)sc1C. The summed E-state index contributed by atoms with van der Waals surface area (Å²) in [6.07, 6.45) is 0.324. The third kappa shape index (κ3) is 4.03. The van der Waals surface area contributed by atoms with Crippen LogP contribution >= 0.6 is 34.3 Å². The highest BCUT2D eigenvalue weighted by molar-refractivity contribution is 7.12. The van der Waals surface area contributed by atoms with Gasteiger partial charge in [-0.2, -0.15) is 0 Å². The van der Waals surface area contributed by atoms with Gasteiger partial charge in [-0.25, -0.2) is 4.98 Å². The van der Waals surface area contributed by atoms with Crippen molar-refractivity contribution in [3.05, 3.63) is 37.5 Å². The molecule has 0 atom stereocenters. The minimum Gasteiger partial charge on any atom is -0.351 e. The molecule has 2 aromatic rings. The van der Waals surface area contributed by atoms with Crippen LogP contribution in [0.1, 0.15) is 26.0 Å². The number of nitrogens with one attached hydrogen (secondary N) is 1. The molecular formula is C13H15ClN2OS2. The quantitative estimate of drug-likeness (QED) is 0.859. The fourth-order valence-corrected chi connectivity index (χ4v) is 3.63. The highest BCUT2D eigenvalue weighted by atomic mass is 35.5. The van der Waals surface area contributed by atoms with Crippen LogP contribution in [0.5, 0.6) is 0 Å². The van der Waals surface area contributed by atoms with Gasteiger partial charge in [0.2, 0.25) is 5.91 Å². The Labute approximate surface area is 125 Å². The lowest BCUT2D eigenvalue weighted by atomic mass is 10.3. The number of alkyl halides is 1. The smallest absolute Gasteiger partial charge is 0.227 e. The highest BCUT2D eigenvalue weighted by Gasteiger charge is 2.08. The molecule has 0 radical (unpaired) electrons. The summed E-state index contributed by atoms with van der Waals surface area (Å²) < 4.78 is 0. The average Bonchev–Trinajstić information content (AvgIpc) is 2.95. The fraction of sp³-hybridized carbons (Fsp3) is 0.385. The third-order valence-corrected chi connectivity index (χ3v) is 5.05. The minimum absolute atomic E-state index is 0.000761. The molecule has 0 aromatic carbocycles. The predicted molar refractivity (Wildman–Crippen MR) is 81.0 cm³/mol. The number of hydrogen-bond acceptors (Lipinski definition) is 4. The van der Waals surface area contributed by atoms with Crippen LogP contribution in [0.15, 0.2) is 11.4 Å². The summed E-state index contributed by atoms with van der Waals surface area (Å²) in [7, 11) is 0. The van der Waals surface area contributed by atoms with Crippen molar-refractivity contribution in [2.24, 2.45) is 0 Å². The lowest BCUT2D eigenvalue weighted by Crippen LogP contribution is -2.24. The van der Waals surface area contributed by atoms with E-state index in [0.717, 1.165) is 10.7 Å². The standard InChI is InChI=1S/C13H15ClN2OS2/c1-8-3-11(19-9(8)2)6-15-12(17)4-13-16-10(5-14)7-18-13/h3,7H,4-6H2,1-2H3,(H,15,17). The van der Waals surface area contributed by atoms with Gasteiger partial charge in [0.15, 0.2) is 0 Å². The zero-order valence-corrected chi connectivity index (χ0v) is 13.2. The zero-order chi connectivity index (χ0) is 13.8. The topological polar surface area (TPSA) is 42.0 Å². The second kappa shape index (κ2) is 6.50. The van der Waals surface area contributed by atoms with Crippen LogP contribution in [-0.2, 0) is 23.6 Å². The molecule has 102 valence electrons. The Bertz CT molecular complexity index is 557. The normalized spacial score (nSPS) is 10.7. The molecule has 2 heterocycles. The molecule has 2 rings (SSSR count). The Kier molecular flexibility index (Phi) is 4.96. The number of hydrogen-bond donors (Lipinski definition) is 1. The Balaban J connectivity index is 1.84. The van der Waals surface area contributed by atoms with E-state index < -0.39 is 0 Å². The van der Waals surface area contributed by atoms with Gasteiger partial charge in [0.05, 0.1) is 24.5 Å². The molecular weight excluding hydrogens is 300 g/mol. The molecule has 1 amide bonds. The van der Waals surface area contributed by atoms with E-state index in [1.165, 1.54) is 26.7 Å². The maximum atomic E-state index is 11.8. The number of aryl methyl sites for hydroxylation is 2. The fourth-order valence-electron chi connectivity index (χ4n) is 1.61. The Morgan fingerprint density at radius 3 is 2.84 bits per heavy atom. The molecule has 6 heteroatoms. The molecule has 0 saturated heterocycles. The number of aromatic nitrogens is 1. The number of amides is 1. The predicted octanol–water partition coefficient (Wildman–Crippen LogP) is 3.42. The summed E-state index contributed by atoms with van der Waals surface area (Å²) in [5, 5.41) is 5.62. The Morgan fingerprint density at radius 2 is 2.26 bits per heavy atom. The average molecular weight is 315 g/mol. The molecule has 0 saturated carbocycles. The van der Waals surface area contributed by atoms with Gasteiger partial charge in [0.25, 0.3) is 0 Å². The first-order chi connectivity index (χ1) is 9.08. The van der Waals surface area contributed by atoms with Crippen LogP contribution in [0, 0.1) is 13.8 Å². The number of thiophene rings is 1. The molecule has 0 aliphatic heterocycles. The largest absolute Gasteiger partial charge is 0.351 e. The maximum absolute atomic E-state index is 11.8. The Hall–Kier alpha value is -0.910. The first-order valence-electron chi connectivity index (χ1n) is 5.90. The summed E-state index contributed by atoms with van der Waals surface area (Å²) >= 11 is 8.88. The van der Waals surface area contributed by atoms with E-state index in [1.54, 1.807) is 11.3 Å². The number of nitrogens with zero attached hydrogens (tertiary/aromatic N) is 1. The van der Waals surface area contributed by atoms with Crippen LogP contribution in [0.3, 0.4) is 0 Å². The monoisotopic (exact) mass is 314 g/mol. The van der Waals surface area contributed by atoms with Crippen molar-refractivity contribution in [3.8, 4) is 0 Å². The Morgan fingerprint density at radius 1 is 1.47 bits per heavy atom. The number of carbonyl (C=O) groups excluding carboxylic acids is 1. The maximum Gasteiger partial charge on any atom is 0.227 e. The first kappa shape index (κ1) is 14.5. The van der Waals surface area contributed by atoms with E-state index in [0.29, 0.717) is 18.8 Å².